The second-order valence-corrected chi connectivity index (χ2v) is 7.86. The van der Waals surface area contributed by atoms with E-state index in [-0.39, 0.29) is 0 Å². The van der Waals surface area contributed by atoms with Crippen molar-refractivity contribution in [3.05, 3.63) is 24.8 Å². The Morgan fingerprint density at radius 2 is 1.43 bits per heavy atom. The molecular weight excluding hydrogens is 280 g/mol. The van der Waals surface area contributed by atoms with Gasteiger partial charge in [-0.3, -0.25) is 0 Å². The molecule has 0 spiro atoms. The van der Waals surface area contributed by atoms with Crippen LogP contribution in [0.25, 0.3) is 0 Å². The fourth-order valence-electron chi connectivity index (χ4n) is 4.46. The van der Waals surface area contributed by atoms with Gasteiger partial charge < -0.3 is 4.74 Å². The zero-order valence-corrected chi connectivity index (χ0v) is 15.3. The van der Waals surface area contributed by atoms with E-state index < -0.39 is 0 Å². The molecule has 2 aliphatic rings. The number of hydrogen-bond acceptors (Lipinski definition) is 1. The van der Waals surface area contributed by atoms with Gasteiger partial charge in [0.25, 0.3) is 0 Å². The number of rotatable bonds is 9. The van der Waals surface area contributed by atoms with Gasteiger partial charge in [-0.1, -0.05) is 43.9 Å². The minimum atomic E-state index is 0.535. The van der Waals surface area contributed by atoms with Crippen LogP contribution >= 0.6 is 0 Å². The maximum Gasteiger partial charge on any atom is 0.0575 e. The van der Waals surface area contributed by atoms with Gasteiger partial charge in [-0.05, 0) is 76.0 Å². The summed E-state index contributed by atoms with van der Waals surface area (Å²) in [6, 6.07) is 0. The van der Waals surface area contributed by atoms with Crippen molar-refractivity contribution in [2.45, 2.75) is 90.1 Å². The van der Waals surface area contributed by atoms with Gasteiger partial charge in [0.1, 0.15) is 0 Å². The highest BCUT2D eigenvalue weighted by atomic mass is 16.5. The van der Waals surface area contributed by atoms with Crippen LogP contribution in [0.4, 0.5) is 0 Å². The maximum absolute atomic E-state index is 5.93. The van der Waals surface area contributed by atoms with E-state index in [1.165, 1.54) is 70.6 Å². The lowest BCUT2D eigenvalue weighted by Gasteiger charge is -2.31. The highest BCUT2D eigenvalue weighted by Gasteiger charge is 2.24. The van der Waals surface area contributed by atoms with Crippen LogP contribution in [0.2, 0.25) is 0 Å². The Morgan fingerprint density at radius 1 is 0.870 bits per heavy atom. The summed E-state index contributed by atoms with van der Waals surface area (Å²) in [5.41, 5.74) is 0. The second-order valence-electron chi connectivity index (χ2n) is 7.86. The molecule has 0 bridgehead atoms. The average molecular weight is 319 g/mol. The van der Waals surface area contributed by atoms with Crippen LogP contribution in [0.1, 0.15) is 84.0 Å². The molecule has 0 atom stereocenters. The molecule has 1 heteroatoms. The quantitative estimate of drug-likeness (QED) is 0.340. The lowest BCUT2D eigenvalue weighted by atomic mass is 9.76. The Bertz CT molecular complexity index is 330. The monoisotopic (exact) mass is 318 g/mol. The molecule has 2 aliphatic carbocycles. The Kier molecular flexibility index (Phi) is 9.04. The van der Waals surface area contributed by atoms with Gasteiger partial charge in [0, 0.05) is 0 Å². The Hall–Kier alpha value is -0.560. The molecule has 0 aliphatic heterocycles. The van der Waals surface area contributed by atoms with E-state index in [2.05, 4.69) is 25.7 Å². The third kappa shape index (κ3) is 7.25. The fraction of sp³-hybridized carbons (Fsp3) is 0.818. The van der Waals surface area contributed by atoms with Crippen molar-refractivity contribution in [1.82, 2.24) is 0 Å². The number of hydrogen-bond donors (Lipinski definition) is 0. The van der Waals surface area contributed by atoms with Gasteiger partial charge >= 0.3 is 0 Å². The predicted molar refractivity (Wildman–Crippen MR) is 101 cm³/mol. The molecule has 1 nitrogen and oxygen atoms in total. The van der Waals surface area contributed by atoms with Crippen LogP contribution in [0.5, 0.6) is 0 Å². The number of ether oxygens (including phenoxy) is 1. The Morgan fingerprint density at radius 3 is 2.00 bits per heavy atom. The van der Waals surface area contributed by atoms with E-state index >= 15 is 0 Å². The second kappa shape index (κ2) is 11.1. The molecule has 0 aromatic rings. The normalized spacial score (nSPS) is 32.2. The maximum atomic E-state index is 5.93. The fourth-order valence-corrected chi connectivity index (χ4v) is 4.46. The summed E-state index contributed by atoms with van der Waals surface area (Å²) in [6.07, 6.45) is 23.6. The van der Waals surface area contributed by atoms with Crippen LogP contribution < -0.4 is 0 Å². The van der Waals surface area contributed by atoms with E-state index in [1.807, 2.05) is 6.08 Å². The van der Waals surface area contributed by atoms with Crippen LogP contribution in [0, 0.1) is 17.8 Å². The summed E-state index contributed by atoms with van der Waals surface area (Å²) >= 11 is 0. The molecule has 2 rings (SSSR count). The third-order valence-electron chi connectivity index (χ3n) is 6.12. The minimum Gasteiger partial charge on any atom is -0.378 e. The first-order valence-electron chi connectivity index (χ1n) is 10.2. The Balaban J connectivity index is 1.53. The predicted octanol–water partition coefficient (Wildman–Crippen LogP) is 6.69. The van der Waals surface area contributed by atoms with Crippen molar-refractivity contribution in [2.24, 2.45) is 17.8 Å². The summed E-state index contributed by atoms with van der Waals surface area (Å²) in [5.74, 6) is 2.99. The first kappa shape index (κ1) is 18.8. The van der Waals surface area contributed by atoms with E-state index in [0.29, 0.717) is 6.10 Å². The summed E-state index contributed by atoms with van der Waals surface area (Å²) in [4.78, 5) is 0. The molecule has 132 valence electrons. The van der Waals surface area contributed by atoms with E-state index in [1.54, 1.807) is 0 Å². The van der Waals surface area contributed by atoms with Crippen molar-refractivity contribution < 1.29 is 4.74 Å². The summed E-state index contributed by atoms with van der Waals surface area (Å²) in [7, 11) is 0. The molecule has 0 amide bonds. The molecule has 0 aromatic heterocycles. The molecule has 0 heterocycles. The summed E-state index contributed by atoms with van der Waals surface area (Å²) in [5, 5.41) is 0. The number of allylic oxidation sites excluding steroid dienone is 2. The van der Waals surface area contributed by atoms with Crippen LogP contribution in [0.15, 0.2) is 24.8 Å². The summed E-state index contributed by atoms with van der Waals surface area (Å²) in [6.45, 7) is 6.77. The highest BCUT2D eigenvalue weighted by molar-refractivity contribution is 4.83. The molecule has 0 N–H and O–H groups in total. The standard InChI is InChI=1S/C22H38O/c1-3-5-7-19-8-10-20(11-9-19)12-13-21-14-16-22(17-15-21)23-18-6-4-2/h3-5,19-22H,2,6-18H2,1H3/b5-3+. The van der Waals surface area contributed by atoms with Gasteiger partial charge in [0.15, 0.2) is 0 Å². The molecule has 0 unspecified atom stereocenters. The van der Waals surface area contributed by atoms with Crippen molar-refractivity contribution in [3.63, 3.8) is 0 Å². The van der Waals surface area contributed by atoms with E-state index in [0.717, 1.165) is 30.8 Å². The van der Waals surface area contributed by atoms with E-state index in [9.17, 15) is 0 Å². The average Bonchev–Trinajstić information content (AvgIpc) is 2.60. The molecule has 0 radical (unpaired) electrons. The first-order chi connectivity index (χ1) is 11.3. The topological polar surface area (TPSA) is 9.23 Å². The van der Waals surface area contributed by atoms with Gasteiger partial charge in [-0.15, -0.1) is 6.58 Å². The van der Waals surface area contributed by atoms with Gasteiger partial charge in [0.2, 0.25) is 0 Å². The zero-order chi connectivity index (χ0) is 16.3. The third-order valence-corrected chi connectivity index (χ3v) is 6.12. The van der Waals surface area contributed by atoms with Crippen molar-refractivity contribution >= 4 is 0 Å². The van der Waals surface area contributed by atoms with Crippen molar-refractivity contribution in [3.8, 4) is 0 Å². The smallest absolute Gasteiger partial charge is 0.0575 e. The molecule has 0 saturated heterocycles. The highest BCUT2D eigenvalue weighted by Crippen LogP contribution is 2.36. The molecule has 2 saturated carbocycles. The molecular formula is C22H38O. The molecule has 0 aromatic carbocycles. The van der Waals surface area contributed by atoms with Gasteiger partial charge in [-0.2, -0.15) is 0 Å². The van der Waals surface area contributed by atoms with Gasteiger partial charge in [0.05, 0.1) is 12.7 Å². The Labute approximate surface area is 144 Å². The lowest BCUT2D eigenvalue weighted by Crippen LogP contribution is -2.23. The summed E-state index contributed by atoms with van der Waals surface area (Å²) < 4.78 is 5.93. The largest absolute Gasteiger partial charge is 0.378 e. The van der Waals surface area contributed by atoms with Crippen LogP contribution in [0.3, 0.4) is 0 Å². The van der Waals surface area contributed by atoms with Crippen molar-refractivity contribution in [2.75, 3.05) is 6.61 Å². The van der Waals surface area contributed by atoms with Gasteiger partial charge in [-0.25, -0.2) is 0 Å². The van der Waals surface area contributed by atoms with Crippen molar-refractivity contribution in [1.29, 1.82) is 0 Å². The van der Waals surface area contributed by atoms with E-state index in [4.69, 9.17) is 4.74 Å². The molecule has 2 fully saturated rings. The zero-order valence-electron chi connectivity index (χ0n) is 15.3. The minimum absolute atomic E-state index is 0.535. The van der Waals surface area contributed by atoms with Crippen LogP contribution in [-0.2, 0) is 4.74 Å². The SMILES string of the molecule is C=CCCOC1CCC(CCC2CCC(C/C=C/C)CC2)CC1. The lowest BCUT2D eigenvalue weighted by molar-refractivity contribution is 0.0189. The molecule has 23 heavy (non-hydrogen) atoms. The van der Waals surface area contributed by atoms with Crippen LogP contribution in [-0.4, -0.2) is 12.7 Å². The first-order valence-corrected chi connectivity index (χ1v) is 10.2.